The Morgan fingerprint density at radius 1 is 1.10 bits per heavy atom. The van der Waals surface area contributed by atoms with Crippen LogP contribution in [0.5, 0.6) is 0 Å². The van der Waals surface area contributed by atoms with Crippen LogP contribution in [-0.4, -0.2) is 26.7 Å². The highest BCUT2D eigenvalue weighted by atomic mass is 32.2. The van der Waals surface area contributed by atoms with E-state index in [4.69, 9.17) is 0 Å². The van der Waals surface area contributed by atoms with Gasteiger partial charge in [-0.05, 0) is 74.5 Å². The summed E-state index contributed by atoms with van der Waals surface area (Å²) in [4.78, 5) is 29.2. The predicted octanol–water partition coefficient (Wildman–Crippen LogP) is 4.99. The van der Waals surface area contributed by atoms with Gasteiger partial charge in [0, 0.05) is 11.4 Å². The normalized spacial score (nSPS) is 16.2. The highest BCUT2D eigenvalue weighted by Gasteiger charge is 2.25. The van der Waals surface area contributed by atoms with Gasteiger partial charge in [-0.15, -0.1) is 0 Å². The molecule has 0 atom stereocenters. The number of hydrogen-bond acceptors (Lipinski definition) is 4. The van der Waals surface area contributed by atoms with Gasteiger partial charge in [0.25, 0.3) is 5.91 Å². The number of para-hydroxylation sites is 1. The zero-order valence-corrected chi connectivity index (χ0v) is 18.2. The first-order valence-electron chi connectivity index (χ1n) is 9.71. The molecule has 4 rings (SSSR count). The van der Waals surface area contributed by atoms with Gasteiger partial charge in [-0.2, -0.15) is 0 Å². The van der Waals surface area contributed by atoms with Crippen molar-refractivity contribution in [3.05, 3.63) is 87.6 Å². The summed E-state index contributed by atoms with van der Waals surface area (Å²) in [6, 6.07) is 16.6. The Hall–Kier alpha value is -3.58. The number of carboxylic acids is 1. The summed E-state index contributed by atoms with van der Waals surface area (Å²) in [5, 5.41) is 12.9. The summed E-state index contributed by atoms with van der Waals surface area (Å²) >= 11 is 1.29. The molecule has 156 valence electrons. The van der Waals surface area contributed by atoms with E-state index in [2.05, 4.69) is 10.3 Å². The van der Waals surface area contributed by atoms with Crippen LogP contribution in [0.1, 0.15) is 32.9 Å². The smallest absolute Gasteiger partial charge is 0.337 e. The molecule has 31 heavy (non-hydrogen) atoms. The molecule has 1 saturated heterocycles. The number of benzene rings is 2. The molecular formula is C24H21N3O3S. The maximum atomic E-state index is 12.5. The Labute approximate surface area is 184 Å². The minimum atomic E-state index is -0.981. The number of carbonyl (C=O) groups excluding carboxylic acids is 1. The number of nitrogens with zero attached hydrogens (tertiary/aromatic N) is 2. The van der Waals surface area contributed by atoms with E-state index in [1.165, 1.54) is 11.8 Å². The third-order valence-electron chi connectivity index (χ3n) is 5.05. The molecule has 1 fully saturated rings. The maximum Gasteiger partial charge on any atom is 0.337 e. The number of carboxylic acid groups (broad SMARTS) is 1. The summed E-state index contributed by atoms with van der Waals surface area (Å²) in [6.07, 6.45) is 1.82. The molecule has 2 N–H and O–H groups in total. The number of hydrogen-bond donors (Lipinski definition) is 2. The Bertz CT molecular complexity index is 1250. The number of aromatic nitrogens is 1. The van der Waals surface area contributed by atoms with Crippen LogP contribution in [-0.2, 0) is 4.79 Å². The van der Waals surface area contributed by atoms with Gasteiger partial charge in [-0.25, -0.2) is 9.79 Å². The Balaban J connectivity index is 1.67. The van der Waals surface area contributed by atoms with Crippen LogP contribution in [0.3, 0.4) is 0 Å². The summed E-state index contributed by atoms with van der Waals surface area (Å²) in [5.41, 5.74) is 5.34. The molecule has 1 aromatic heterocycles. The molecule has 0 saturated carbocycles. The van der Waals surface area contributed by atoms with Gasteiger partial charge >= 0.3 is 5.97 Å². The second kappa shape index (κ2) is 8.28. The van der Waals surface area contributed by atoms with Gasteiger partial charge < -0.3 is 15.0 Å². The average Bonchev–Trinajstić information content (AvgIpc) is 3.22. The van der Waals surface area contributed by atoms with Crippen molar-refractivity contribution in [2.45, 2.75) is 20.8 Å². The molecule has 7 heteroatoms. The summed E-state index contributed by atoms with van der Waals surface area (Å²) in [6.45, 7) is 5.84. The molecule has 0 aliphatic carbocycles. The number of amides is 1. The maximum absolute atomic E-state index is 12.5. The number of aryl methyl sites for hydroxylation is 2. The van der Waals surface area contributed by atoms with Crippen molar-refractivity contribution in [2.75, 3.05) is 0 Å². The third-order valence-corrected chi connectivity index (χ3v) is 5.96. The minimum Gasteiger partial charge on any atom is -0.478 e. The second-order valence-corrected chi connectivity index (χ2v) is 8.33. The van der Waals surface area contributed by atoms with Crippen LogP contribution in [0, 0.1) is 20.8 Å². The van der Waals surface area contributed by atoms with E-state index in [9.17, 15) is 14.7 Å². The monoisotopic (exact) mass is 431 g/mol. The molecule has 1 aliphatic rings. The molecule has 1 amide bonds. The molecule has 0 radical (unpaired) electrons. The SMILES string of the molecule is Cc1ccc(N=C2NC(=O)/C(=C/c3cc(C)n(-c4ccccc4C(=O)O)c3C)S2)cc1. The number of aliphatic imine (C=N–C) groups is 1. The molecule has 2 heterocycles. The first kappa shape index (κ1) is 20.7. The number of amidine groups is 1. The quantitative estimate of drug-likeness (QED) is 0.570. The van der Waals surface area contributed by atoms with E-state index in [1.54, 1.807) is 18.2 Å². The number of nitrogens with one attached hydrogen (secondary N) is 1. The number of thioether (sulfide) groups is 1. The third kappa shape index (κ3) is 4.18. The fraction of sp³-hybridized carbons (Fsp3) is 0.125. The largest absolute Gasteiger partial charge is 0.478 e. The van der Waals surface area contributed by atoms with Crippen LogP contribution in [0.4, 0.5) is 5.69 Å². The van der Waals surface area contributed by atoms with Crippen molar-refractivity contribution in [3.8, 4) is 5.69 Å². The van der Waals surface area contributed by atoms with Crippen molar-refractivity contribution >= 4 is 40.6 Å². The molecule has 2 aromatic carbocycles. The molecule has 0 unspecified atom stereocenters. The molecule has 0 bridgehead atoms. The topological polar surface area (TPSA) is 83.7 Å². The minimum absolute atomic E-state index is 0.202. The van der Waals surface area contributed by atoms with Crippen molar-refractivity contribution in [1.82, 2.24) is 9.88 Å². The number of aromatic carboxylic acids is 1. The lowest BCUT2D eigenvalue weighted by atomic mass is 10.1. The lowest BCUT2D eigenvalue weighted by Crippen LogP contribution is -2.19. The van der Waals surface area contributed by atoms with Gasteiger partial charge in [0.15, 0.2) is 5.17 Å². The van der Waals surface area contributed by atoms with Gasteiger partial charge in [-0.1, -0.05) is 29.8 Å². The molecule has 0 spiro atoms. The highest BCUT2D eigenvalue weighted by Crippen LogP contribution is 2.31. The molecular weight excluding hydrogens is 410 g/mol. The lowest BCUT2D eigenvalue weighted by molar-refractivity contribution is -0.115. The van der Waals surface area contributed by atoms with E-state index >= 15 is 0 Å². The van der Waals surface area contributed by atoms with Crippen LogP contribution in [0.2, 0.25) is 0 Å². The summed E-state index contributed by atoms with van der Waals surface area (Å²) < 4.78 is 1.90. The van der Waals surface area contributed by atoms with Gasteiger partial charge in [0.1, 0.15) is 0 Å². The van der Waals surface area contributed by atoms with Gasteiger partial charge in [0.05, 0.1) is 21.8 Å². The Kier molecular flexibility index (Phi) is 5.52. The van der Waals surface area contributed by atoms with Gasteiger partial charge in [-0.3, -0.25) is 4.79 Å². The van der Waals surface area contributed by atoms with E-state index in [-0.39, 0.29) is 11.5 Å². The molecule has 3 aromatic rings. The standard InChI is InChI=1S/C24H21N3O3S/c1-14-8-10-18(11-9-14)25-24-26-22(28)21(31-24)13-17-12-15(2)27(16(17)3)20-7-5-4-6-19(20)23(29)30/h4-13H,1-3H3,(H,29,30)(H,25,26,28)/b21-13-. The van der Waals surface area contributed by atoms with E-state index in [0.717, 1.165) is 28.2 Å². The van der Waals surface area contributed by atoms with Crippen molar-refractivity contribution in [1.29, 1.82) is 0 Å². The Morgan fingerprint density at radius 2 is 1.81 bits per heavy atom. The molecule has 1 aliphatic heterocycles. The van der Waals surface area contributed by atoms with Gasteiger partial charge in [0.2, 0.25) is 0 Å². The number of carbonyl (C=O) groups is 2. The van der Waals surface area contributed by atoms with E-state index in [1.807, 2.05) is 67.8 Å². The summed E-state index contributed by atoms with van der Waals surface area (Å²) in [5.74, 6) is -1.18. The number of rotatable bonds is 4. The van der Waals surface area contributed by atoms with Crippen molar-refractivity contribution < 1.29 is 14.7 Å². The molecule has 6 nitrogen and oxygen atoms in total. The van der Waals surface area contributed by atoms with E-state index < -0.39 is 5.97 Å². The van der Waals surface area contributed by atoms with Crippen LogP contribution in [0.15, 0.2) is 64.5 Å². The fourth-order valence-corrected chi connectivity index (χ4v) is 4.34. The highest BCUT2D eigenvalue weighted by molar-refractivity contribution is 8.18. The zero-order chi connectivity index (χ0) is 22.1. The van der Waals surface area contributed by atoms with E-state index in [0.29, 0.717) is 15.8 Å². The predicted molar refractivity (Wildman–Crippen MR) is 124 cm³/mol. The zero-order valence-electron chi connectivity index (χ0n) is 17.3. The first-order chi connectivity index (χ1) is 14.8. The van der Waals surface area contributed by atoms with Crippen LogP contribution in [0.25, 0.3) is 11.8 Å². The lowest BCUT2D eigenvalue weighted by Gasteiger charge is -2.12. The van der Waals surface area contributed by atoms with Crippen LogP contribution < -0.4 is 5.32 Å². The first-order valence-corrected chi connectivity index (χ1v) is 10.5. The van der Waals surface area contributed by atoms with Crippen molar-refractivity contribution in [3.63, 3.8) is 0 Å². The fourth-order valence-electron chi connectivity index (χ4n) is 3.51. The van der Waals surface area contributed by atoms with Crippen LogP contribution >= 0.6 is 11.8 Å². The second-order valence-electron chi connectivity index (χ2n) is 7.30. The average molecular weight is 432 g/mol. The Morgan fingerprint density at radius 3 is 2.52 bits per heavy atom. The summed E-state index contributed by atoms with van der Waals surface area (Å²) in [7, 11) is 0. The van der Waals surface area contributed by atoms with Crippen molar-refractivity contribution in [2.24, 2.45) is 4.99 Å².